The lowest BCUT2D eigenvalue weighted by molar-refractivity contribution is 0.0414. The highest BCUT2D eigenvalue weighted by Crippen LogP contribution is 1.98. The highest BCUT2D eigenvalue weighted by molar-refractivity contribution is 6.18. The minimum absolute atomic E-state index is 0.250. The van der Waals surface area contributed by atoms with E-state index in [1.807, 2.05) is 0 Å². The van der Waals surface area contributed by atoms with Crippen LogP contribution < -0.4 is 0 Å². The molecule has 92 valence electrons. The maximum absolute atomic E-state index is 12.1. The van der Waals surface area contributed by atoms with Crippen molar-refractivity contribution in [3.05, 3.63) is 0 Å². The number of halogens is 3. The highest BCUT2D eigenvalue weighted by Gasteiger charge is 2.10. The van der Waals surface area contributed by atoms with Crippen molar-refractivity contribution >= 4 is 11.6 Å². The molecule has 0 saturated carbocycles. The Morgan fingerprint density at radius 1 is 1.20 bits per heavy atom. The van der Waals surface area contributed by atoms with Gasteiger partial charge in [0.05, 0.1) is 26.4 Å². The minimum atomic E-state index is -2.33. The Morgan fingerprint density at radius 2 is 1.93 bits per heavy atom. The molecule has 15 heavy (non-hydrogen) atoms. The van der Waals surface area contributed by atoms with E-state index in [0.717, 1.165) is 0 Å². The molecule has 0 bridgehead atoms. The van der Waals surface area contributed by atoms with Gasteiger partial charge in [-0.05, 0) is 0 Å². The largest absolute Gasteiger partial charge is 0.382 e. The van der Waals surface area contributed by atoms with Gasteiger partial charge in [-0.25, -0.2) is 8.78 Å². The summed E-state index contributed by atoms with van der Waals surface area (Å²) in [6.07, 6.45) is -2.33. The molecular weight excluding hydrogens is 228 g/mol. The van der Waals surface area contributed by atoms with Gasteiger partial charge in [-0.3, -0.25) is 4.90 Å². The summed E-state index contributed by atoms with van der Waals surface area (Å²) in [6.45, 7) is 2.11. The Balaban J connectivity index is 3.47. The van der Waals surface area contributed by atoms with Crippen molar-refractivity contribution in [1.82, 2.24) is 4.90 Å². The Bertz CT molecular complexity index is 141. The summed E-state index contributed by atoms with van der Waals surface area (Å²) in [7, 11) is 1.58. The van der Waals surface area contributed by atoms with E-state index in [4.69, 9.17) is 21.1 Å². The number of nitrogens with zero attached hydrogens (tertiary/aromatic N) is 1. The van der Waals surface area contributed by atoms with Crippen molar-refractivity contribution in [2.45, 2.75) is 6.43 Å². The van der Waals surface area contributed by atoms with Gasteiger partial charge in [-0.1, -0.05) is 0 Å². The maximum atomic E-state index is 12.1. The van der Waals surface area contributed by atoms with E-state index < -0.39 is 6.43 Å². The second-order valence-electron chi connectivity index (χ2n) is 2.99. The molecule has 6 heteroatoms. The lowest BCUT2D eigenvalue weighted by Crippen LogP contribution is -2.34. The summed E-state index contributed by atoms with van der Waals surface area (Å²) in [5.41, 5.74) is 0. The Labute approximate surface area is 94.3 Å². The first-order valence-corrected chi connectivity index (χ1v) is 5.37. The van der Waals surface area contributed by atoms with Crippen molar-refractivity contribution in [3.8, 4) is 0 Å². The zero-order chi connectivity index (χ0) is 11.5. The summed E-state index contributed by atoms with van der Waals surface area (Å²) in [4.78, 5) is 1.59. The molecule has 0 saturated heterocycles. The molecule has 0 fully saturated rings. The standard InChI is InChI=1S/C9H18ClF2NO2/c1-14-6-7-15-5-4-13(3-2-10)8-9(11)12/h9H,2-8H2,1H3. The quantitative estimate of drug-likeness (QED) is 0.430. The van der Waals surface area contributed by atoms with Crippen molar-refractivity contribution in [1.29, 1.82) is 0 Å². The molecule has 0 aliphatic heterocycles. The van der Waals surface area contributed by atoms with Crippen molar-refractivity contribution < 1.29 is 18.3 Å². The molecule has 0 aromatic rings. The zero-order valence-electron chi connectivity index (χ0n) is 8.92. The van der Waals surface area contributed by atoms with Gasteiger partial charge in [0.25, 0.3) is 6.43 Å². The first kappa shape index (κ1) is 15.0. The van der Waals surface area contributed by atoms with Gasteiger partial charge in [0.2, 0.25) is 0 Å². The van der Waals surface area contributed by atoms with Gasteiger partial charge in [0, 0.05) is 26.1 Å². The fourth-order valence-electron chi connectivity index (χ4n) is 1.05. The van der Waals surface area contributed by atoms with Crippen LogP contribution in [0.1, 0.15) is 0 Å². The smallest absolute Gasteiger partial charge is 0.251 e. The molecule has 0 amide bonds. The normalized spacial score (nSPS) is 11.6. The SMILES string of the molecule is COCCOCCN(CCCl)CC(F)F. The lowest BCUT2D eigenvalue weighted by atomic mass is 10.4. The average Bonchev–Trinajstić information content (AvgIpc) is 2.17. The van der Waals surface area contributed by atoms with Gasteiger partial charge in [0.15, 0.2) is 0 Å². The van der Waals surface area contributed by atoms with Gasteiger partial charge in [-0.15, -0.1) is 11.6 Å². The van der Waals surface area contributed by atoms with Gasteiger partial charge in [0.1, 0.15) is 0 Å². The Morgan fingerprint density at radius 3 is 2.47 bits per heavy atom. The third kappa shape index (κ3) is 10.3. The predicted molar refractivity (Wildman–Crippen MR) is 55.9 cm³/mol. The third-order valence-corrected chi connectivity index (χ3v) is 1.95. The van der Waals surface area contributed by atoms with Crippen LogP contribution in [0.2, 0.25) is 0 Å². The van der Waals surface area contributed by atoms with Crippen molar-refractivity contribution in [2.75, 3.05) is 52.4 Å². The van der Waals surface area contributed by atoms with E-state index >= 15 is 0 Å². The number of methoxy groups -OCH3 is 1. The summed E-state index contributed by atoms with van der Waals surface area (Å²) < 4.78 is 34.1. The van der Waals surface area contributed by atoms with E-state index in [1.165, 1.54) is 0 Å². The molecule has 0 aliphatic rings. The number of alkyl halides is 3. The first-order valence-electron chi connectivity index (χ1n) is 4.83. The minimum Gasteiger partial charge on any atom is -0.382 e. The summed E-state index contributed by atoms with van der Waals surface area (Å²) >= 11 is 5.49. The van der Waals surface area contributed by atoms with Crippen molar-refractivity contribution in [2.24, 2.45) is 0 Å². The second-order valence-corrected chi connectivity index (χ2v) is 3.36. The molecule has 0 atom stereocenters. The number of ether oxygens (including phenoxy) is 2. The summed E-state index contributed by atoms with van der Waals surface area (Å²) in [5.74, 6) is 0.352. The van der Waals surface area contributed by atoms with Crippen LogP contribution in [0.5, 0.6) is 0 Å². The fraction of sp³-hybridized carbons (Fsp3) is 1.00. The summed E-state index contributed by atoms with van der Waals surface area (Å²) in [6, 6.07) is 0. The van der Waals surface area contributed by atoms with E-state index in [0.29, 0.717) is 38.8 Å². The molecule has 0 aliphatic carbocycles. The van der Waals surface area contributed by atoms with Crippen LogP contribution in [0.15, 0.2) is 0 Å². The van der Waals surface area contributed by atoms with Crippen LogP contribution in [0, 0.1) is 0 Å². The molecule has 0 N–H and O–H groups in total. The molecule has 0 rings (SSSR count). The van der Waals surface area contributed by atoms with Crippen LogP contribution in [0.4, 0.5) is 8.78 Å². The van der Waals surface area contributed by atoms with Crippen LogP contribution in [0.25, 0.3) is 0 Å². The molecule has 0 aromatic carbocycles. The monoisotopic (exact) mass is 245 g/mol. The molecule has 0 aromatic heterocycles. The third-order valence-electron chi connectivity index (χ3n) is 1.78. The van der Waals surface area contributed by atoms with E-state index in [2.05, 4.69) is 0 Å². The van der Waals surface area contributed by atoms with Gasteiger partial charge < -0.3 is 9.47 Å². The fourth-order valence-corrected chi connectivity index (χ4v) is 1.29. The Kier molecular flexibility index (Phi) is 10.6. The Hall–Kier alpha value is 0.0300. The van der Waals surface area contributed by atoms with Crippen LogP contribution in [-0.4, -0.2) is 63.8 Å². The number of hydrogen-bond acceptors (Lipinski definition) is 3. The van der Waals surface area contributed by atoms with Crippen LogP contribution >= 0.6 is 11.6 Å². The summed E-state index contributed by atoms with van der Waals surface area (Å²) in [5, 5.41) is 0. The van der Waals surface area contributed by atoms with E-state index in [9.17, 15) is 8.78 Å². The lowest BCUT2D eigenvalue weighted by Gasteiger charge is -2.20. The number of hydrogen-bond donors (Lipinski definition) is 0. The second kappa shape index (κ2) is 10.5. The highest BCUT2D eigenvalue weighted by atomic mass is 35.5. The number of rotatable bonds is 10. The molecule has 0 unspecified atom stereocenters. The van der Waals surface area contributed by atoms with E-state index in [-0.39, 0.29) is 6.54 Å². The van der Waals surface area contributed by atoms with E-state index in [1.54, 1.807) is 12.0 Å². The first-order chi connectivity index (χ1) is 7.20. The van der Waals surface area contributed by atoms with Crippen molar-refractivity contribution in [3.63, 3.8) is 0 Å². The predicted octanol–water partition coefficient (Wildman–Crippen LogP) is 1.46. The zero-order valence-corrected chi connectivity index (χ0v) is 9.68. The topological polar surface area (TPSA) is 21.7 Å². The molecule has 0 spiro atoms. The average molecular weight is 246 g/mol. The van der Waals surface area contributed by atoms with Crippen LogP contribution in [-0.2, 0) is 9.47 Å². The molecule has 0 radical (unpaired) electrons. The molecule has 3 nitrogen and oxygen atoms in total. The maximum Gasteiger partial charge on any atom is 0.251 e. The molecule has 0 heterocycles. The molecular formula is C9H18ClF2NO2. The van der Waals surface area contributed by atoms with Gasteiger partial charge >= 0.3 is 0 Å². The van der Waals surface area contributed by atoms with Crippen LogP contribution in [0.3, 0.4) is 0 Å². The van der Waals surface area contributed by atoms with Gasteiger partial charge in [-0.2, -0.15) is 0 Å².